The average molecular weight is 232 g/mol. The fourth-order valence-corrected chi connectivity index (χ4v) is 1.37. The fraction of sp³-hybridized carbons (Fsp3) is 0.167. The third-order valence-electron chi connectivity index (χ3n) is 2.13. The number of thiocarbonyl (C=S) groups is 1. The topological polar surface area (TPSA) is 25.4 Å². The lowest BCUT2D eigenvalue weighted by molar-refractivity contribution is 0.438. The Hall–Kier alpha value is -1.68. The second-order valence-electron chi connectivity index (χ2n) is 3.60. The molecule has 16 heavy (non-hydrogen) atoms. The number of pyridine rings is 1. The van der Waals surface area contributed by atoms with Crippen LogP contribution in [0, 0.1) is 0 Å². The Morgan fingerprint density at radius 2 is 1.94 bits per heavy atom. The summed E-state index contributed by atoms with van der Waals surface area (Å²) in [5.41, 5.74) is 0.904. The molecule has 82 valence electrons. The normalized spacial score (nSPS) is 10.1. The predicted molar refractivity (Wildman–Crippen MR) is 68.7 cm³/mol. The van der Waals surface area contributed by atoms with Crippen LogP contribution in [-0.2, 0) is 0 Å². The van der Waals surface area contributed by atoms with Crippen molar-refractivity contribution < 1.29 is 4.74 Å². The molecule has 1 heterocycles. The molecule has 0 spiro atoms. The second-order valence-corrected chi connectivity index (χ2v) is 3.95. The minimum atomic E-state index is 0.405. The van der Waals surface area contributed by atoms with Crippen LogP contribution < -0.4 is 4.74 Å². The molecular formula is C12H12N2OS. The summed E-state index contributed by atoms with van der Waals surface area (Å²) in [5.74, 6) is 0.525. The Morgan fingerprint density at radius 3 is 2.69 bits per heavy atom. The van der Waals surface area contributed by atoms with Crippen LogP contribution in [0.1, 0.15) is 0 Å². The summed E-state index contributed by atoms with van der Waals surface area (Å²) >= 11 is 5.05. The summed E-state index contributed by atoms with van der Waals surface area (Å²) in [6.45, 7) is 0. The number of ether oxygens (including phenoxy) is 1. The van der Waals surface area contributed by atoms with Gasteiger partial charge in [-0.1, -0.05) is 18.2 Å². The molecule has 0 bridgehead atoms. The third kappa shape index (κ3) is 2.28. The molecule has 0 saturated carbocycles. The van der Waals surface area contributed by atoms with E-state index in [0.29, 0.717) is 11.1 Å². The zero-order chi connectivity index (χ0) is 11.5. The summed E-state index contributed by atoms with van der Waals surface area (Å²) < 4.78 is 5.43. The maximum atomic E-state index is 5.43. The van der Waals surface area contributed by atoms with Crippen molar-refractivity contribution in [2.45, 2.75) is 0 Å². The van der Waals surface area contributed by atoms with Gasteiger partial charge in [0.15, 0.2) is 0 Å². The molecule has 0 N–H and O–H groups in total. The summed E-state index contributed by atoms with van der Waals surface area (Å²) in [5, 5.41) is 1.49. The van der Waals surface area contributed by atoms with Crippen LogP contribution >= 0.6 is 12.2 Å². The van der Waals surface area contributed by atoms with E-state index in [4.69, 9.17) is 17.0 Å². The van der Waals surface area contributed by atoms with Crippen molar-refractivity contribution in [3.05, 3.63) is 36.4 Å². The Bertz CT molecular complexity index is 525. The first-order valence-corrected chi connectivity index (χ1v) is 5.32. The SMILES string of the molecule is CN(C)C(=S)Oc1ccc2ccccc2n1. The molecule has 3 nitrogen and oxygen atoms in total. The van der Waals surface area contributed by atoms with E-state index in [9.17, 15) is 0 Å². The molecule has 0 aliphatic carbocycles. The van der Waals surface area contributed by atoms with Crippen molar-refractivity contribution in [3.8, 4) is 5.88 Å². The van der Waals surface area contributed by atoms with E-state index in [-0.39, 0.29) is 0 Å². The summed E-state index contributed by atoms with van der Waals surface area (Å²) in [6, 6.07) is 11.7. The lowest BCUT2D eigenvalue weighted by Crippen LogP contribution is -2.25. The quantitative estimate of drug-likeness (QED) is 0.705. The van der Waals surface area contributed by atoms with Crippen LogP contribution in [0.3, 0.4) is 0 Å². The predicted octanol–water partition coefficient (Wildman–Crippen LogP) is 2.46. The van der Waals surface area contributed by atoms with Crippen LogP contribution in [0.4, 0.5) is 0 Å². The number of fused-ring (bicyclic) bond motifs is 1. The van der Waals surface area contributed by atoms with Crippen LogP contribution in [-0.4, -0.2) is 29.2 Å². The molecule has 0 atom stereocenters. The van der Waals surface area contributed by atoms with Crippen molar-refractivity contribution >= 4 is 28.3 Å². The Balaban J connectivity index is 2.29. The first-order chi connectivity index (χ1) is 7.66. The van der Waals surface area contributed by atoms with Crippen molar-refractivity contribution in [3.63, 3.8) is 0 Å². The Morgan fingerprint density at radius 1 is 1.19 bits per heavy atom. The van der Waals surface area contributed by atoms with Gasteiger partial charge in [-0.05, 0) is 24.4 Å². The molecule has 1 aromatic heterocycles. The van der Waals surface area contributed by atoms with Crippen LogP contribution in [0.25, 0.3) is 10.9 Å². The Labute approximate surface area is 99.7 Å². The zero-order valence-electron chi connectivity index (χ0n) is 9.18. The van der Waals surface area contributed by atoms with Gasteiger partial charge in [0.1, 0.15) is 0 Å². The van der Waals surface area contributed by atoms with E-state index in [2.05, 4.69) is 4.98 Å². The van der Waals surface area contributed by atoms with E-state index in [1.165, 1.54) is 0 Å². The second kappa shape index (κ2) is 4.45. The maximum Gasteiger partial charge on any atom is 0.265 e. The van der Waals surface area contributed by atoms with Gasteiger partial charge in [-0.3, -0.25) is 0 Å². The lowest BCUT2D eigenvalue weighted by atomic mass is 10.2. The average Bonchev–Trinajstić information content (AvgIpc) is 2.28. The number of hydrogen-bond acceptors (Lipinski definition) is 3. The molecule has 2 aromatic rings. The van der Waals surface area contributed by atoms with Crippen LogP contribution in [0.5, 0.6) is 5.88 Å². The van der Waals surface area contributed by atoms with Crippen molar-refractivity contribution in [1.82, 2.24) is 9.88 Å². The number of rotatable bonds is 1. The summed E-state index contributed by atoms with van der Waals surface area (Å²) in [4.78, 5) is 6.09. The number of hydrogen-bond donors (Lipinski definition) is 0. The Kier molecular flexibility index (Phi) is 3.01. The fourth-order valence-electron chi connectivity index (χ4n) is 1.28. The molecule has 1 aromatic carbocycles. The minimum Gasteiger partial charge on any atom is -0.413 e. The highest BCUT2D eigenvalue weighted by Gasteiger charge is 2.04. The van der Waals surface area contributed by atoms with Gasteiger partial charge in [-0.25, -0.2) is 4.98 Å². The molecule has 0 radical (unpaired) electrons. The van der Waals surface area contributed by atoms with Gasteiger partial charge in [-0.15, -0.1) is 0 Å². The van der Waals surface area contributed by atoms with E-state index in [1.807, 2.05) is 50.5 Å². The molecule has 0 fully saturated rings. The smallest absolute Gasteiger partial charge is 0.265 e. The number of nitrogens with zero attached hydrogens (tertiary/aromatic N) is 2. The van der Waals surface area contributed by atoms with Crippen LogP contribution in [0.15, 0.2) is 36.4 Å². The molecule has 0 aliphatic heterocycles. The highest BCUT2D eigenvalue weighted by molar-refractivity contribution is 7.80. The highest BCUT2D eigenvalue weighted by atomic mass is 32.1. The number of para-hydroxylation sites is 1. The first-order valence-electron chi connectivity index (χ1n) is 4.92. The monoisotopic (exact) mass is 232 g/mol. The molecular weight excluding hydrogens is 220 g/mol. The van der Waals surface area contributed by atoms with Crippen molar-refractivity contribution in [1.29, 1.82) is 0 Å². The standard InChI is InChI=1S/C12H12N2OS/c1-14(2)12(16)15-11-8-7-9-5-3-4-6-10(9)13-11/h3-8H,1-2H3. The van der Waals surface area contributed by atoms with E-state index >= 15 is 0 Å². The summed E-state index contributed by atoms with van der Waals surface area (Å²) in [6.07, 6.45) is 0. The molecule has 0 amide bonds. The minimum absolute atomic E-state index is 0.405. The van der Waals surface area contributed by atoms with E-state index in [1.54, 1.807) is 4.90 Å². The number of aromatic nitrogens is 1. The largest absolute Gasteiger partial charge is 0.413 e. The van der Waals surface area contributed by atoms with Gasteiger partial charge < -0.3 is 9.64 Å². The third-order valence-corrected chi connectivity index (χ3v) is 2.58. The molecule has 0 saturated heterocycles. The van der Waals surface area contributed by atoms with Gasteiger partial charge in [0.25, 0.3) is 5.17 Å². The number of benzene rings is 1. The molecule has 4 heteroatoms. The maximum absolute atomic E-state index is 5.43. The lowest BCUT2D eigenvalue weighted by Gasteiger charge is -2.13. The van der Waals surface area contributed by atoms with E-state index in [0.717, 1.165) is 10.9 Å². The van der Waals surface area contributed by atoms with Gasteiger partial charge in [0.05, 0.1) is 5.52 Å². The van der Waals surface area contributed by atoms with Gasteiger partial charge in [0.2, 0.25) is 5.88 Å². The van der Waals surface area contributed by atoms with Gasteiger partial charge >= 0.3 is 0 Å². The van der Waals surface area contributed by atoms with Crippen LogP contribution in [0.2, 0.25) is 0 Å². The summed E-state index contributed by atoms with van der Waals surface area (Å²) in [7, 11) is 3.67. The first kappa shape index (κ1) is 10.8. The molecule has 2 rings (SSSR count). The van der Waals surface area contributed by atoms with E-state index < -0.39 is 0 Å². The van der Waals surface area contributed by atoms with Crippen molar-refractivity contribution in [2.75, 3.05) is 14.1 Å². The molecule has 0 aliphatic rings. The van der Waals surface area contributed by atoms with Crippen molar-refractivity contribution in [2.24, 2.45) is 0 Å². The molecule has 0 unspecified atom stereocenters. The zero-order valence-corrected chi connectivity index (χ0v) is 9.99. The van der Waals surface area contributed by atoms with Gasteiger partial charge in [0, 0.05) is 25.5 Å². The van der Waals surface area contributed by atoms with Gasteiger partial charge in [-0.2, -0.15) is 0 Å². The highest BCUT2D eigenvalue weighted by Crippen LogP contribution is 2.16.